The molecule has 9 aromatic carbocycles. The van der Waals surface area contributed by atoms with Crippen molar-refractivity contribution in [2.75, 3.05) is 14.6 Å². The number of furan rings is 1. The summed E-state index contributed by atoms with van der Waals surface area (Å²) in [5.74, 6) is 0. The van der Waals surface area contributed by atoms with Gasteiger partial charge in [0.1, 0.15) is 5.58 Å². The number of hydrogen-bond acceptors (Lipinski definition) is 5. The highest BCUT2D eigenvalue weighted by Crippen LogP contribution is 2.57. The van der Waals surface area contributed by atoms with Crippen LogP contribution in [0, 0.1) is 0 Å². The first kappa shape index (κ1) is 56.9. The van der Waals surface area contributed by atoms with Crippen molar-refractivity contribution in [3.63, 3.8) is 0 Å². The van der Waals surface area contributed by atoms with Gasteiger partial charge in [-0.1, -0.05) is 190 Å². The van der Waals surface area contributed by atoms with Crippen molar-refractivity contribution in [1.82, 2.24) is 0 Å². The number of benzene rings is 9. The van der Waals surface area contributed by atoms with Gasteiger partial charge in [-0.05, 0) is 210 Å². The summed E-state index contributed by atoms with van der Waals surface area (Å²) in [7, 11) is 0. The molecule has 0 amide bonds. The van der Waals surface area contributed by atoms with Crippen molar-refractivity contribution in [2.24, 2.45) is 0 Å². The number of thiophene rings is 1. The van der Waals surface area contributed by atoms with Crippen LogP contribution in [0.4, 0.5) is 45.5 Å². The maximum absolute atomic E-state index is 7.43. The number of rotatable bonds is 5. The average molecular weight is 1170 g/mol. The topological polar surface area (TPSA) is 22.9 Å². The Balaban J connectivity index is 1.03. The SMILES string of the molecule is CC(C)(C)c1ccc(N2B3c4cc5c(cc4N(c4ccc6c(c4)C(C)(C)CCC6(C)C)c4c3c(cc3c4oc4ccccc43)-c3cc4c(cc32)sc2cc(N(c3ccc(C(C)(C)C)cc3)c3ccc(C(C)(C)C)cc3)ccc24)C(C)(C)CCC5(C)C)cc1. The van der Waals surface area contributed by atoms with E-state index in [1.807, 2.05) is 11.3 Å². The zero-order valence-corrected chi connectivity index (χ0v) is 56.0. The second-order valence-electron chi connectivity index (χ2n) is 32.4. The highest BCUT2D eigenvalue weighted by molar-refractivity contribution is 7.26. The standard InChI is InChI=1S/C82H86BN3OS/c1-76(2,3)49-22-28-52(29-23-49)84(53-30-24-50(25-31-53)77(4,5)6)56-34-36-58-60-44-59-61-45-62-57-20-18-19-21-70(57)87-75(62)74-73(61)83(86(68(59)48-72(60)88-71(58)43-56)54-32-26-51(27-33-54)78(7,8)9)67-46-65-66(82(16,17)41-40-81(65,14)15)47-69(67)85(74)55-35-37-63-64(42-55)80(12,13)39-38-79(63,10)11/h18-37,42-48H,38-41H2,1-17H3. The van der Waals surface area contributed by atoms with Crippen molar-refractivity contribution in [2.45, 2.75) is 181 Å². The van der Waals surface area contributed by atoms with Gasteiger partial charge < -0.3 is 19.0 Å². The number of hydrogen-bond donors (Lipinski definition) is 0. The molecule has 6 heteroatoms. The molecule has 2 aliphatic heterocycles. The number of fused-ring (bicyclic) bond motifs is 13. The molecule has 0 N–H and O–H groups in total. The molecule has 2 aromatic heterocycles. The Morgan fingerprint density at radius 1 is 0.432 bits per heavy atom. The van der Waals surface area contributed by atoms with Crippen LogP contribution in [0.1, 0.15) is 182 Å². The van der Waals surface area contributed by atoms with Gasteiger partial charge in [-0.3, -0.25) is 0 Å². The highest BCUT2D eigenvalue weighted by Gasteiger charge is 2.50. The van der Waals surface area contributed by atoms with Crippen LogP contribution >= 0.6 is 11.3 Å². The Labute approximate surface area is 527 Å². The zero-order valence-electron chi connectivity index (χ0n) is 55.2. The van der Waals surface area contributed by atoms with Gasteiger partial charge in [0, 0.05) is 76.3 Å². The minimum absolute atomic E-state index is 0.00672. The van der Waals surface area contributed by atoms with Crippen LogP contribution in [0.25, 0.3) is 53.2 Å². The summed E-state index contributed by atoms with van der Waals surface area (Å²) in [6.07, 6.45) is 4.57. The fourth-order valence-electron chi connectivity index (χ4n) is 15.7. The van der Waals surface area contributed by atoms with Crippen molar-refractivity contribution >= 4 is 117 Å². The molecule has 0 atom stereocenters. The van der Waals surface area contributed by atoms with Gasteiger partial charge in [-0.2, -0.15) is 0 Å². The smallest absolute Gasteiger partial charge is 0.333 e. The molecule has 0 radical (unpaired) electrons. The summed E-state index contributed by atoms with van der Waals surface area (Å²) in [5.41, 5.74) is 26.4. The maximum atomic E-state index is 7.43. The number of anilines is 8. The molecule has 88 heavy (non-hydrogen) atoms. The molecule has 0 spiro atoms. The molecule has 444 valence electrons. The van der Waals surface area contributed by atoms with E-state index in [1.54, 1.807) is 0 Å². The molecular weight excluding hydrogens is 1090 g/mol. The van der Waals surface area contributed by atoms with E-state index in [1.165, 1.54) is 110 Å². The molecule has 4 nitrogen and oxygen atoms in total. The molecule has 0 unspecified atom stereocenters. The van der Waals surface area contributed by atoms with Gasteiger partial charge in [0.2, 0.25) is 0 Å². The van der Waals surface area contributed by atoms with Crippen molar-refractivity contribution in [3.8, 4) is 11.1 Å². The van der Waals surface area contributed by atoms with Crippen molar-refractivity contribution < 1.29 is 4.42 Å². The monoisotopic (exact) mass is 1170 g/mol. The van der Waals surface area contributed by atoms with Crippen LogP contribution in [-0.4, -0.2) is 6.85 Å². The van der Waals surface area contributed by atoms with Gasteiger partial charge in [-0.25, -0.2) is 0 Å². The molecular formula is C82H86BN3OS. The molecule has 4 aliphatic rings. The van der Waals surface area contributed by atoms with E-state index in [2.05, 4.69) is 296 Å². The van der Waals surface area contributed by atoms with E-state index in [0.717, 1.165) is 64.0 Å². The van der Waals surface area contributed by atoms with Crippen LogP contribution in [0.2, 0.25) is 0 Å². The third kappa shape index (κ3) is 8.79. The molecule has 0 fully saturated rings. The second kappa shape index (κ2) is 19.0. The lowest BCUT2D eigenvalue weighted by atomic mass is 9.42. The lowest BCUT2D eigenvalue weighted by molar-refractivity contribution is 0.332. The summed E-state index contributed by atoms with van der Waals surface area (Å²) < 4.78 is 9.98. The van der Waals surface area contributed by atoms with Gasteiger partial charge in [0.15, 0.2) is 5.58 Å². The second-order valence-corrected chi connectivity index (χ2v) is 33.4. The molecule has 2 aliphatic carbocycles. The largest absolute Gasteiger partial charge is 0.454 e. The zero-order chi connectivity index (χ0) is 61.7. The fraction of sp³-hybridized carbons (Fsp3) is 0.341. The predicted molar refractivity (Wildman–Crippen MR) is 382 cm³/mol. The maximum Gasteiger partial charge on any atom is 0.333 e. The molecule has 0 saturated carbocycles. The summed E-state index contributed by atoms with van der Waals surface area (Å²) >= 11 is 1.92. The summed E-state index contributed by atoms with van der Waals surface area (Å²) in [4.78, 5) is 7.86. The van der Waals surface area contributed by atoms with Crippen molar-refractivity contribution in [1.29, 1.82) is 0 Å². The van der Waals surface area contributed by atoms with E-state index in [0.29, 0.717) is 0 Å². The van der Waals surface area contributed by atoms with Crippen LogP contribution in [0.3, 0.4) is 0 Å². The molecule has 0 saturated heterocycles. The lowest BCUT2D eigenvalue weighted by Crippen LogP contribution is -2.62. The molecule has 11 aromatic rings. The summed E-state index contributed by atoms with van der Waals surface area (Å²) in [6, 6.07) is 64.5. The van der Waals surface area contributed by atoms with Crippen LogP contribution in [-0.2, 0) is 37.9 Å². The Hall–Kier alpha value is -7.54. The average Bonchev–Trinajstić information content (AvgIpc) is 1.06. The quantitative estimate of drug-likeness (QED) is 0.160. The first-order valence-corrected chi connectivity index (χ1v) is 33.3. The summed E-state index contributed by atoms with van der Waals surface area (Å²) in [5, 5.41) is 4.84. The minimum Gasteiger partial charge on any atom is -0.454 e. The van der Waals surface area contributed by atoms with E-state index >= 15 is 0 Å². The van der Waals surface area contributed by atoms with Crippen molar-refractivity contribution in [3.05, 3.63) is 203 Å². The van der Waals surface area contributed by atoms with E-state index in [-0.39, 0.29) is 44.8 Å². The first-order chi connectivity index (χ1) is 41.5. The normalized spacial score (nSPS) is 17.3. The summed E-state index contributed by atoms with van der Waals surface area (Å²) in [6.45, 7) is 40.4. The van der Waals surface area contributed by atoms with E-state index in [4.69, 9.17) is 4.42 Å². The van der Waals surface area contributed by atoms with Gasteiger partial charge in [0.05, 0.1) is 5.69 Å². The molecule has 15 rings (SSSR count). The first-order valence-electron chi connectivity index (χ1n) is 32.5. The minimum atomic E-state index is -0.192. The molecule has 0 bridgehead atoms. The third-order valence-corrected chi connectivity index (χ3v) is 22.6. The Kier molecular flexibility index (Phi) is 12.3. The Morgan fingerprint density at radius 3 is 1.52 bits per heavy atom. The number of nitrogens with zero attached hydrogens (tertiary/aromatic N) is 3. The Morgan fingerprint density at radius 2 is 0.932 bits per heavy atom. The van der Waals surface area contributed by atoms with Gasteiger partial charge >= 0.3 is 6.85 Å². The molecule has 4 heterocycles. The van der Waals surface area contributed by atoms with Crippen LogP contribution in [0.15, 0.2) is 168 Å². The predicted octanol–water partition coefficient (Wildman–Crippen LogP) is 22.7. The fourth-order valence-corrected chi connectivity index (χ4v) is 16.9. The van der Waals surface area contributed by atoms with Gasteiger partial charge in [0.25, 0.3) is 0 Å². The third-order valence-electron chi connectivity index (χ3n) is 21.4. The van der Waals surface area contributed by atoms with Crippen LogP contribution < -0.4 is 25.5 Å². The van der Waals surface area contributed by atoms with E-state index in [9.17, 15) is 0 Å². The Bertz CT molecular complexity index is 4630. The number of para-hydroxylation sites is 1. The van der Waals surface area contributed by atoms with E-state index < -0.39 is 0 Å². The lowest BCUT2D eigenvalue weighted by Gasteiger charge is -2.48. The van der Waals surface area contributed by atoms with Gasteiger partial charge in [-0.15, -0.1) is 11.3 Å². The van der Waals surface area contributed by atoms with Crippen LogP contribution in [0.5, 0.6) is 0 Å². The highest BCUT2D eigenvalue weighted by atomic mass is 32.1.